The topological polar surface area (TPSA) is 56.5 Å². The maximum absolute atomic E-state index is 12.2. The lowest BCUT2D eigenvalue weighted by molar-refractivity contribution is 0.187. The van der Waals surface area contributed by atoms with Crippen LogP contribution in [0.15, 0.2) is 39.9 Å². The van der Waals surface area contributed by atoms with Gasteiger partial charge in [0.2, 0.25) is 0 Å². The Bertz CT molecular complexity index is 867. The van der Waals surface area contributed by atoms with Crippen LogP contribution in [0.3, 0.4) is 0 Å². The van der Waals surface area contributed by atoms with Crippen molar-refractivity contribution in [1.82, 2.24) is 14.0 Å². The van der Waals surface area contributed by atoms with Gasteiger partial charge in [0.25, 0.3) is 5.56 Å². The molecule has 2 heterocycles. The van der Waals surface area contributed by atoms with Crippen molar-refractivity contribution in [1.29, 1.82) is 0 Å². The number of benzene rings is 1. The van der Waals surface area contributed by atoms with Crippen LogP contribution in [-0.2, 0) is 20.6 Å². The first-order valence-corrected chi connectivity index (χ1v) is 9.15. The molecule has 1 aliphatic rings. The molecule has 0 amide bonds. The van der Waals surface area contributed by atoms with Gasteiger partial charge in [-0.3, -0.25) is 18.8 Å². The van der Waals surface area contributed by atoms with E-state index in [1.165, 1.54) is 25.5 Å². The van der Waals surface area contributed by atoms with E-state index in [0.717, 1.165) is 35.4 Å². The molecule has 1 unspecified atom stereocenters. The standard InChI is InChI=1S/C20H27N3O3/c1-21-16(13-19(24)22(2)20(21)25)14-23-12-6-4-5-7-18(23)15-8-10-17(26-3)11-9-15/h8-11,13,18H,4-7,12,14H2,1-3H3. The van der Waals surface area contributed by atoms with Crippen LogP contribution in [0.4, 0.5) is 0 Å². The number of likely N-dealkylation sites (tertiary alicyclic amines) is 1. The van der Waals surface area contributed by atoms with Gasteiger partial charge in [0.1, 0.15) is 5.75 Å². The molecule has 0 bridgehead atoms. The van der Waals surface area contributed by atoms with Gasteiger partial charge in [0.15, 0.2) is 0 Å². The minimum Gasteiger partial charge on any atom is -0.497 e. The Hall–Kier alpha value is -2.34. The number of hydrogen-bond donors (Lipinski definition) is 0. The van der Waals surface area contributed by atoms with Crippen LogP contribution in [0.25, 0.3) is 0 Å². The summed E-state index contributed by atoms with van der Waals surface area (Å²) >= 11 is 0. The summed E-state index contributed by atoms with van der Waals surface area (Å²) in [6.07, 6.45) is 4.60. The smallest absolute Gasteiger partial charge is 0.330 e. The Morgan fingerprint density at radius 2 is 1.77 bits per heavy atom. The summed E-state index contributed by atoms with van der Waals surface area (Å²) in [6.45, 7) is 1.55. The second-order valence-corrected chi connectivity index (χ2v) is 6.98. The molecular weight excluding hydrogens is 330 g/mol. The van der Waals surface area contributed by atoms with Crippen molar-refractivity contribution in [2.45, 2.75) is 38.3 Å². The molecule has 1 fully saturated rings. The van der Waals surface area contributed by atoms with E-state index in [9.17, 15) is 9.59 Å². The van der Waals surface area contributed by atoms with Crippen molar-refractivity contribution in [2.24, 2.45) is 14.1 Å². The summed E-state index contributed by atoms with van der Waals surface area (Å²) in [6, 6.07) is 10.1. The second kappa shape index (κ2) is 7.91. The molecule has 1 atom stereocenters. The molecule has 0 aliphatic carbocycles. The lowest BCUT2D eigenvalue weighted by atomic mass is 10.0. The molecule has 6 nitrogen and oxygen atoms in total. The molecule has 26 heavy (non-hydrogen) atoms. The molecule has 0 spiro atoms. The highest BCUT2D eigenvalue weighted by Crippen LogP contribution is 2.32. The highest BCUT2D eigenvalue weighted by molar-refractivity contribution is 5.29. The molecule has 6 heteroatoms. The average molecular weight is 357 g/mol. The van der Waals surface area contributed by atoms with Gasteiger partial charge in [0, 0.05) is 38.4 Å². The summed E-state index contributed by atoms with van der Waals surface area (Å²) in [5, 5.41) is 0. The third-order valence-electron chi connectivity index (χ3n) is 5.35. The normalized spacial score (nSPS) is 18.5. The van der Waals surface area contributed by atoms with Gasteiger partial charge in [-0.2, -0.15) is 0 Å². The molecule has 1 aliphatic heterocycles. The molecule has 0 radical (unpaired) electrons. The fourth-order valence-corrected chi connectivity index (χ4v) is 3.70. The van der Waals surface area contributed by atoms with Gasteiger partial charge >= 0.3 is 5.69 Å². The summed E-state index contributed by atoms with van der Waals surface area (Å²) < 4.78 is 7.99. The SMILES string of the molecule is COc1ccc(C2CCCCCN2Cc2cc(=O)n(C)c(=O)n2C)cc1. The fourth-order valence-electron chi connectivity index (χ4n) is 3.70. The van der Waals surface area contributed by atoms with Gasteiger partial charge in [-0.05, 0) is 37.1 Å². The molecule has 2 aromatic rings. The Labute approximate surface area is 153 Å². The lowest BCUT2D eigenvalue weighted by Crippen LogP contribution is -2.40. The predicted molar refractivity (Wildman–Crippen MR) is 102 cm³/mol. The van der Waals surface area contributed by atoms with Crippen molar-refractivity contribution in [3.8, 4) is 5.75 Å². The molecule has 3 rings (SSSR count). The van der Waals surface area contributed by atoms with E-state index >= 15 is 0 Å². The van der Waals surface area contributed by atoms with Gasteiger partial charge in [-0.15, -0.1) is 0 Å². The van der Waals surface area contributed by atoms with Crippen molar-refractivity contribution in [3.63, 3.8) is 0 Å². The first kappa shape index (κ1) is 18.5. The van der Waals surface area contributed by atoms with Gasteiger partial charge in [0.05, 0.1) is 7.11 Å². The van der Waals surface area contributed by atoms with Crippen LogP contribution in [0.5, 0.6) is 5.75 Å². The highest BCUT2D eigenvalue weighted by atomic mass is 16.5. The molecule has 1 saturated heterocycles. The van der Waals surface area contributed by atoms with Crippen LogP contribution in [0, 0.1) is 0 Å². The van der Waals surface area contributed by atoms with E-state index in [1.54, 1.807) is 24.8 Å². The van der Waals surface area contributed by atoms with E-state index in [1.807, 2.05) is 12.1 Å². The van der Waals surface area contributed by atoms with Crippen LogP contribution in [0.2, 0.25) is 0 Å². The predicted octanol–water partition coefficient (Wildman–Crippen LogP) is 2.21. The third kappa shape index (κ3) is 3.75. The van der Waals surface area contributed by atoms with E-state index in [-0.39, 0.29) is 17.3 Å². The summed E-state index contributed by atoms with van der Waals surface area (Å²) in [7, 11) is 4.92. The first-order chi connectivity index (χ1) is 12.5. The second-order valence-electron chi connectivity index (χ2n) is 6.98. The first-order valence-electron chi connectivity index (χ1n) is 9.15. The number of hydrogen-bond acceptors (Lipinski definition) is 4. The maximum Gasteiger partial charge on any atom is 0.330 e. The third-order valence-corrected chi connectivity index (χ3v) is 5.35. The van der Waals surface area contributed by atoms with Crippen molar-refractivity contribution in [3.05, 3.63) is 62.4 Å². The molecule has 140 valence electrons. The largest absolute Gasteiger partial charge is 0.497 e. The Morgan fingerprint density at radius 1 is 1.04 bits per heavy atom. The Morgan fingerprint density at radius 3 is 2.46 bits per heavy atom. The average Bonchev–Trinajstić information content (AvgIpc) is 2.90. The van der Waals surface area contributed by atoms with Gasteiger partial charge < -0.3 is 4.74 Å². The number of rotatable bonds is 4. The molecule has 0 N–H and O–H groups in total. The van der Waals surface area contributed by atoms with E-state index in [0.29, 0.717) is 6.54 Å². The summed E-state index contributed by atoms with van der Waals surface area (Å²) in [4.78, 5) is 26.7. The summed E-state index contributed by atoms with van der Waals surface area (Å²) in [5.74, 6) is 0.850. The van der Waals surface area contributed by atoms with Gasteiger partial charge in [-0.25, -0.2) is 4.79 Å². The fraction of sp³-hybridized carbons (Fsp3) is 0.500. The van der Waals surface area contributed by atoms with Crippen LogP contribution >= 0.6 is 0 Å². The van der Waals surface area contributed by atoms with Crippen molar-refractivity contribution < 1.29 is 4.74 Å². The zero-order valence-electron chi connectivity index (χ0n) is 15.8. The number of ether oxygens (including phenoxy) is 1. The Kier molecular flexibility index (Phi) is 5.61. The molecular formula is C20H27N3O3. The van der Waals surface area contributed by atoms with E-state index in [2.05, 4.69) is 17.0 Å². The monoisotopic (exact) mass is 357 g/mol. The van der Waals surface area contributed by atoms with E-state index in [4.69, 9.17) is 4.74 Å². The quantitative estimate of drug-likeness (QED) is 0.842. The zero-order chi connectivity index (χ0) is 18.7. The molecule has 1 aromatic heterocycles. The molecule has 0 saturated carbocycles. The number of nitrogens with zero attached hydrogens (tertiary/aromatic N) is 3. The number of methoxy groups -OCH3 is 1. The van der Waals surface area contributed by atoms with Crippen molar-refractivity contribution >= 4 is 0 Å². The van der Waals surface area contributed by atoms with Crippen LogP contribution in [0.1, 0.15) is 43.0 Å². The minimum absolute atomic E-state index is 0.251. The Balaban J connectivity index is 1.92. The summed E-state index contributed by atoms with van der Waals surface area (Å²) in [5.41, 5.74) is 1.49. The van der Waals surface area contributed by atoms with Crippen molar-refractivity contribution in [2.75, 3.05) is 13.7 Å². The van der Waals surface area contributed by atoms with E-state index < -0.39 is 0 Å². The van der Waals surface area contributed by atoms with Gasteiger partial charge in [-0.1, -0.05) is 25.0 Å². The number of aromatic nitrogens is 2. The molecule has 1 aromatic carbocycles. The highest BCUT2D eigenvalue weighted by Gasteiger charge is 2.24. The minimum atomic E-state index is -0.275. The van der Waals surface area contributed by atoms with Crippen LogP contribution < -0.4 is 16.0 Å². The maximum atomic E-state index is 12.2. The lowest BCUT2D eigenvalue weighted by Gasteiger charge is -2.31. The zero-order valence-corrected chi connectivity index (χ0v) is 15.8. The van der Waals surface area contributed by atoms with Crippen LogP contribution in [-0.4, -0.2) is 27.7 Å².